The molecular weight excluding hydrogens is 266 g/mol. The monoisotopic (exact) mass is 289 g/mol. The Labute approximate surface area is 118 Å². The van der Waals surface area contributed by atoms with Crippen LogP contribution < -0.4 is 5.32 Å². The van der Waals surface area contributed by atoms with Crippen LogP contribution in [-0.2, 0) is 4.79 Å². The Morgan fingerprint density at radius 2 is 2.16 bits per heavy atom. The Hall–Kier alpha value is -0.950. The van der Waals surface area contributed by atoms with E-state index < -0.39 is 12.0 Å². The molecule has 1 saturated heterocycles. The number of nitrogens with zero attached hydrogens (tertiary/aromatic N) is 2. The fourth-order valence-corrected chi connectivity index (χ4v) is 3.16. The van der Waals surface area contributed by atoms with Crippen molar-refractivity contribution in [1.82, 2.24) is 15.1 Å². The van der Waals surface area contributed by atoms with Crippen molar-refractivity contribution in [1.29, 1.82) is 0 Å². The minimum absolute atomic E-state index is 0.273. The summed E-state index contributed by atoms with van der Waals surface area (Å²) in [5.74, 6) is -0.00381. The smallest absolute Gasteiger partial charge is 0.327 e. The molecule has 0 saturated carbocycles. The zero-order valence-corrected chi connectivity index (χ0v) is 12.4. The molecule has 1 fully saturated rings. The van der Waals surface area contributed by atoms with Gasteiger partial charge < -0.3 is 20.2 Å². The third-order valence-corrected chi connectivity index (χ3v) is 4.13. The third-order valence-electron chi connectivity index (χ3n) is 3.12. The van der Waals surface area contributed by atoms with Crippen LogP contribution in [-0.4, -0.2) is 70.8 Å². The lowest BCUT2D eigenvalue weighted by molar-refractivity contribution is -0.140. The lowest BCUT2D eigenvalue weighted by atomic mass is 10.3. The highest BCUT2D eigenvalue weighted by atomic mass is 32.2. The number of aliphatic carboxylic acids is 1. The van der Waals surface area contributed by atoms with E-state index in [9.17, 15) is 9.59 Å². The van der Waals surface area contributed by atoms with Crippen LogP contribution in [0.1, 0.15) is 20.3 Å². The molecule has 0 aromatic rings. The van der Waals surface area contributed by atoms with Gasteiger partial charge in [-0.05, 0) is 19.5 Å². The lowest BCUT2D eigenvalue weighted by Gasteiger charge is -2.23. The van der Waals surface area contributed by atoms with E-state index in [-0.39, 0.29) is 6.03 Å². The van der Waals surface area contributed by atoms with Crippen LogP contribution in [0.25, 0.3) is 0 Å². The molecule has 1 aliphatic rings. The molecule has 19 heavy (non-hydrogen) atoms. The van der Waals surface area contributed by atoms with Crippen molar-refractivity contribution >= 4 is 23.8 Å². The van der Waals surface area contributed by atoms with Gasteiger partial charge in [0, 0.05) is 18.8 Å². The highest BCUT2D eigenvalue weighted by Crippen LogP contribution is 2.20. The van der Waals surface area contributed by atoms with Gasteiger partial charge in [-0.15, -0.1) is 11.8 Å². The van der Waals surface area contributed by atoms with Gasteiger partial charge in [0.2, 0.25) is 0 Å². The summed E-state index contributed by atoms with van der Waals surface area (Å²) in [5.41, 5.74) is 0. The predicted octanol–water partition coefficient (Wildman–Crippen LogP) is 0.887. The van der Waals surface area contributed by atoms with Crippen LogP contribution in [0.15, 0.2) is 0 Å². The topological polar surface area (TPSA) is 72.9 Å². The Kier molecular flexibility index (Phi) is 7.01. The van der Waals surface area contributed by atoms with Gasteiger partial charge in [-0.1, -0.05) is 13.8 Å². The second kappa shape index (κ2) is 8.27. The molecule has 0 aromatic carbocycles. The van der Waals surface area contributed by atoms with Crippen molar-refractivity contribution in [2.75, 3.05) is 37.8 Å². The lowest BCUT2D eigenvalue weighted by Crippen LogP contribution is -2.48. The Balaban J connectivity index is 2.32. The van der Waals surface area contributed by atoms with E-state index in [4.69, 9.17) is 5.11 Å². The molecule has 1 atom stereocenters. The standard InChI is InChI=1S/C12H23N3O3S/c1-3-6-14(4-2)7-5-13-12(18)15-9-19-8-10(15)11(16)17/h10H,3-9H2,1-2H3,(H,13,18)(H,16,17)/t10-/m0/s1. The van der Waals surface area contributed by atoms with Crippen LogP contribution in [0.4, 0.5) is 4.79 Å². The van der Waals surface area contributed by atoms with Crippen molar-refractivity contribution in [3.05, 3.63) is 0 Å². The van der Waals surface area contributed by atoms with Crippen LogP contribution in [0.3, 0.4) is 0 Å². The quantitative estimate of drug-likeness (QED) is 0.728. The fourth-order valence-electron chi connectivity index (χ4n) is 2.01. The van der Waals surface area contributed by atoms with Gasteiger partial charge in [0.05, 0.1) is 5.88 Å². The minimum Gasteiger partial charge on any atom is -0.480 e. The van der Waals surface area contributed by atoms with Gasteiger partial charge in [-0.3, -0.25) is 0 Å². The molecule has 0 radical (unpaired) electrons. The molecule has 1 heterocycles. The highest BCUT2D eigenvalue weighted by molar-refractivity contribution is 7.99. The summed E-state index contributed by atoms with van der Waals surface area (Å²) in [6.07, 6.45) is 1.09. The summed E-state index contributed by atoms with van der Waals surface area (Å²) >= 11 is 1.47. The molecule has 6 nitrogen and oxygen atoms in total. The summed E-state index contributed by atoms with van der Waals surface area (Å²) in [5, 5.41) is 11.8. The molecular formula is C12H23N3O3S. The van der Waals surface area contributed by atoms with E-state index in [1.807, 2.05) is 0 Å². The fraction of sp³-hybridized carbons (Fsp3) is 0.833. The van der Waals surface area contributed by atoms with Gasteiger partial charge in [-0.25, -0.2) is 9.59 Å². The molecule has 0 unspecified atom stereocenters. The SMILES string of the molecule is CCCN(CC)CCNC(=O)N1CSC[C@H]1C(=O)O. The molecule has 0 aliphatic carbocycles. The number of carboxylic acids is 1. The number of likely N-dealkylation sites (N-methyl/N-ethyl adjacent to an activating group) is 1. The number of hydrogen-bond acceptors (Lipinski definition) is 4. The zero-order chi connectivity index (χ0) is 14.3. The number of nitrogens with one attached hydrogen (secondary N) is 1. The Morgan fingerprint density at radius 1 is 1.42 bits per heavy atom. The van der Waals surface area contributed by atoms with Crippen LogP contribution in [0.5, 0.6) is 0 Å². The molecule has 2 N–H and O–H groups in total. The molecule has 0 bridgehead atoms. The van der Waals surface area contributed by atoms with Crippen molar-refractivity contribution in [2.24, 2.45) is 0 Å². The number of amides is 2. The van der Waals surface area contributed by atoms with Crippen molar-refractivity contribution in [3.63, 3.8) is 0 Å². The number of thioether (sulfide) groups is 1. The summed E-state index contributed by atoms with van der Waals surface area (Å²) in [6.45, 7) is 7.55. The van der Waals surface area contributed by atoms with E-state index in [0.29, 0.717) is 18.2 Å². The third kappa shape index (κ3) is 4.91. The second-order valence-electron chi connectivity index (χ2n) is 4.49. The molecule has 1 aliphatic heterocycles. The van der Waals surface area contributed by atoms with Crippen LogP contribution >= 0.6 is 11.8 Å². The van der Waals surface area contributed by atoms with Gasteiger partial charge in [-0.2, -0.15) is 0 Å². The van der Waals surface area contributed by atoms with Crippen LogP contribution in [0, 0.1) is 0 Å². The number of carboxylic acid groups (broad SMARTS) is 1. The highest BCUT2D eigenvalue weighted by Gasteiger charge is 2.34. The molecule has 0 aromatic heterocycles. The number of urea groups is 1. The summed E-state index contributed by atoms with van der Waals surface area (Å²) in [4.78, 5) is 26.5. The summed E-state index contributed by atoms with van der Waals surface area (Å²) < 4.78 is 0. The maximum atomic E-state index is 11.9. The number of carbonyl (C=O) groups is 2. The van der Waals surface area contributed by atoms with Gasteiger partial charge in [0.15, 0.2) is 0 Å². The minimum atomic E-state index is -0.929. The summed E-state index contributed by atoms with van der Waals surface area (Å²) in [6, 6.07) is -0.965. The number of carbonyl (C=O) groups excluding carboxylic acids is 1. The first-order chi connectivity index (χ1) is 9.10. The zero-order valence-electron chi connectivity index (χ0n) is 11.6. The van der Waals surface area contributed by atoms with E-state index >= 15 is 0 Å². The first kappa shape index (κ1) is 16.1. The maximum Gasteiger partial charge on any atom is 0.327 e. The Morgan fingerprint density at radius 3 is 2.74 bits per heavy atom. The van der Waals surface area contributed by atoms with E-state index in [0.717, 1.165) is 26.1 Å². The number of hydrogen-bond donors (Lipinski definition) is 2. The van der Waals surface area contributed by atoms with Crippen molar-refractivity contribution < 1.29 is 14.7 Å². The maximum absolute atomic E-state index is 11.9. The average molecular weight is 289 g/mol. The summed E-state index contributed by atoms with van der Waals surface area (Å²) in [7, 11) is 0. The van der Waals surface area contributed by atoms with E-state index in [1.165, 1.54) is 16.7 Å². The van der Waals surface area contributed by atoms with Crippen molar-refractivity contribution in [2.45, 2.75) is 26.3 Å². The van der Waals surface area contributed by atoms with Gasteiger partial charge in [0.25, 0.3) is 0 Å². The van der Waals surface area contributed by atoms with Gasteiger partial charge in [0.1, 0.15) is 6.04 Å². The van der Waals surface area contributed by atoms with Crippen LogP contribution in [0.2, 0.25) is 0 Å². The largest absolute Gasteiger partial charge is 0.480 e. The first-order valence-corrected chi connectivity index (χ1v) is 7.83. The normalized spacial score (nSPS) is 18.9. The molecule has 7 heteroatoms. The molecule has 0 spiro atoms. The van der Waals surface area contributed by atoms with Crippen molar-refractivity contribution in [3.8, 4) is 0 Å². The van der Waals surface area contributed by atoms with E-state index in [2.05, 4.69) is 24.1 Å². The second-order valence-corrected chi connectivity index (χ2v) is 5.49. The molecule has 2 amide bonds. The average Bonchev–Trinajstić information content (AvgIpc) is 2.86. The first-order valence-electron chi connectivity index (χ1n) is 6.67. The van der Waals surface area contributed by atoms with E-state index in [1.54, 1.807) is 0 Å². The van der Waals surface area contributed by atoms with Gasteiger partial charge >= 0.3 is 12.0 Å². The number of rotatable bonds is 7. The predicted molar refractivity (Wildman–Crippen MR) is 76.4 cm³/mol. The molecule has 110 valence electrons. The Bertz CT molecular complexity index is 315. The molecule has 1 rings (SSSR count).